The number of nitrogens with one attached hydrogen (secondary N) is 1. The molecule has 1 fully saturated rings. The Morgan fingerprint density at radius 1 is 1.42 bits per heavy atom. The summed E-state index contributed by atoms with van der Waals surface area (Å²) < 4.78 is 32.4. The molecule has 1 N–H and O–H groups in total. The first-order valence-electron chi connectivity index (χ1n) is 8.32. The number of nitrogens with zero attached hydrogens (tertiary/aromatic N) is 1. The van der Waals surface area contributed by atoms with Crippen LogP contribution < -0.4 is 10.1 Å². The van der Waals surface area contributed by atoms with Crippen LogP contribution in [-0.2, 0) is 14.8 Å². The molecule has 1 atom stereocenters. The summed E-state index contributed by atoms with van der Waals surface area (Å²) in [5.74, 6) is 0.325. The summed E-state index contributed by atoms with van der Waals surface area (Å²) in [4.78, 5) is 12.4. The SMILES string of the molecule is CCCNC(=O)[C@@H]1CCCN(S(=O)(=O)c2ccc(OC)c(C)c2)C1. The van der Waals surface area contributed by atoms with Gasteiger partial charge >= 0.3 is 0 Å². The van der Waals surface area contributed by atoms with Crippen molar-refractivity contribution in [3.05, 3.63) is 23.8 Å². The van der Waals surface area contributed by atoms with E-state index < -0.39 is 10.0 Å². The van der Waals surface area contributed by atoms with Gasteiger partial charge in [0.25, 0.3) is 0 Å². The zero-order valence-electron chi connectivity index (χ0n) is 14.5. The fourth-order valence-electron chi connectivity index (χ4n) is 2.93. The van der Waals surface area contributed by atoms with Crippen molar-refractivity contribution in [2.75, 3.05) is 26.7 Å². The Morgan fingerprint density at radius 2 is 2.17 bits per heavy atom. The minimum absolute atomic E-state index is 0.0531. The van der Waals surface area contributed by atoms with E-state index in [4.69, 9.17) is 4.74 Å². The van der Waals surface area contributed by atoms with Gasteiger partial charge in [0.2, 0.25) is 15.9 Å². The molecule has 1 heterocycles. The number of piperidine rings is 1. The molecular weight excluding hydrogens is 328 g/mol. The van der Waals surface area contributed by atoms with E-state index >= 15 is 0 Å². The molecule has 1 saturated heterocycles. The summed E-state index contributed by atoms with van der Waals surface area (Å²) in [5.41, 5.74) is 0.771. The number of aryl methyl sites for hydroxylation is 1. The van der Waals surface area contributed by atoms with Gasteiger partial charge in [-0.05, 0) is 49.9 Å². The van der Waals surface area contributed by atoms with Crippen LogP contribution in [-0.4, -0.2) is 45.4 Å². The van der Waals surface area contributed by atoms with Crippen molar-refractivity contribution in [1.29, 1.82) is 0 Å². The van der Waals surface area contributed by atoms with Crippen LogP contribution >= 0.6 is 0 Å². The summed E-state index contributed by atoms with van der Waals surface area (Å²) in [6.45, 7) is 5.12. The highest BCUT2D eigenvalue weighted by Gasteiger charge is 2.33. The van der Waals surface area contributed by atoms with Gasteiger partial charge in [0.05, 0.1) is 17.9 Å². The first-order chi connectivity index (χ1) is 11.4. The highest BCUT2D eigenvalue weighted by Crippen LogP contribution is 2.27. The van der Waals surface area contributed by atoms with Crippen LogP contribution in [0.15, 0.2) is 23.1 Å². The van der Waals surface area contributed by atoms with Crippen LogP contribution in [0, 0.1) is 12.8 Å². The molecule has 1 amide bonds. The summed E-state index contributed by atoms with van der Waals surface area (Å²) >= 11 is 0. The fourth-order valence-corrected chi connectivity index (χ4v) is 4.54. The zero-order chi connectivity index (χ0) is 17.7. The Kier molecular flexibility index (Phi) is 6.23. The molecule has 0 unspecified atom stereocenters. The predicted molar refractivity (Wildman–Crippen MR) is 92.5 cm³/mol. The molecule has 1 aliphatic rings. The number of ether oxygens (including phenoxy) is 1. The Morgan fingerprint density at radius 3 is 2.79 bits per heavy atom. The second-order valence-electron chi connectivity index (χ2n) is 6.12. The Labute approximate surface area is 144 Å². The highest BCUT2D eigenvalue weighted by molar-refractivity contribution is 7.89. The van der Waals surface area contributed by atoms with Crippen LogP contribution in [0.1, 0.15) is 31.7 Å². The topological polar surface area (TPSA) is 75.7 Å². The lowest BCUT2D eigenvalue weighted by Crippen LogP contribution is -2.45. The number of methoxy groups -OCH3 is 1. The van der Waals surface area contributed by atoms with E-state index in [0.717, 1.165) is 18.4 Å². The molecule has 0 aromatic heterocycles. The van der Waals surface area contributed by atoms with Gasteiger partial charge in [0.1, 0.15) is 5.75 Å². The number of carbonyl (C=O) groups excluding carboxylic acids is 1. The van der Waals surface area contributed by atoms with Gasteiger partial charge in [0, 0.05) is 19.6 Å². The maximum absolute atomic E-state index is 12.9. The lowest BCUT2D eigenvalue weighted by molar-refractivity contribution is -0.126. The van der Waals surface area contributed by atoms with E-state index in [1.807, 2.05) is 13.8 Å². The van der Waals surface area contributed by atoms with Crippen molar-refractivity contribution in [3.63, 3.8) is 0 Å². The third kappa shape index (κ3) is 4.08. The second kappa shape index (κ2) is 7.98. The predicted octanol–water partition coefficient (Wildman–Crippen LogP) is 1.93. The summed E-state index contributed by atoms with van der Waals surface area (Å²) in [6, 6.07) is 4.84. The van der Waals surface area contributed by atoms with Crippen LogP contribution in [0.25, 0.3) is 0 Å². The maximum atomic E-state index is 12.9. The van der Waals surface area contributed by atoms with Gasteiger partial charge in [-0.3, -0.25) is 4.79 Å². The average Bonchev–Trinajstić information content (AvgIpc) is 2.59. The summed E-state index contributed by atoms with van der Waals surface area (Å²) in [7, 11) is -2.04. The van der Waals surface area contributed by atoms with E-state index in [1.54, 1.807) is 25.3 Å². The lowest BCUT2D eigenvalue weighted by atomic mass is 9.99. The van der Waals surface area contributed by atoms with Crippen LogP contribution in [0.2, 0.25) is 0 Å². The maximum Gasteiger partial charge on any atom is 0.243 e. The molecule has 2 rings (SSSR count). The molecule has 0 aliphatic carbocycles. The van der Waals surface area contributed by atoms with Crippen molar-refractivity contribution in [1.82, 2.24) is 9.62 Å². The Bertz CT molecular complexity index is 688. The lowest BCUT2D eigenvalue weighted by Gasteiger charge is -2.31. The number of sulfonamides is 1. The molecule has 1 aromatic rings. The monoisotopic (exact) mass is 354 g/mol. The van der Waals surface area contributed by atoms with Crippen molar-refractivity contribution in [2.24, 2.45) is 5.92 Å². The molecule has 24 heavy (non-hydrogen) atoms. The third-order valence-electron chi connectivity index (χ3n) is 4.31. The van der Waals surface area contributed by atoms with Crippen molar-refractivity contribution in [3.8, 4) is 5.75 Å². The number of hydrogen-bond acceptors (Lipinski definition) is 4. The molecular formula is C17H26N2O4S. The van der Waals surface area contributed by atoms with E-state index in [-0.39, 0.29) is 23.3 Å². The average molecular weight is 354 g/mol. The third-order valence-corrected chi connectivity index (χ3v) is 6.17. The van der Waals surface area contributed by atoms with Crippen molar-refractivity contribution < 1.29 is 17.9 Å². The standard InChI is InChI=1S/C17H26N2O4S/c1-4-9-18-17(20)14-6-5-10-19(12-14)24(21,22)15-7-8-16(23-3)13(2)11-15/h7-8,11,14H,4-6,9-10,12H2,1-3H3,(H,18,20)/t14-/m1/s1. The summed E-state index contributed by atoms with van der Waals surface area (Å²) in [5, 5.41) is 2.86. The molecule has 6 nitrogen and oxygen atoms in total. The number of amides is 1. The van der Waals surface area contributed by atoms with Gasteiger partial charge in [-0.25, -0.2) is 8.42 Å². The molecule has 0 radical (unpaired) electrons. The molecule has 1 aromatic carbocycles. The largest absolute Gasteiger partial charge is 0.496 e. The summed E-state index contributed by atoms with van der Waals surface area (Å²) in [6.07, 6.45) is 2.29. The van der Waals surface area contributed by atoms with Crippen LogP contribution in [0.4, 0.5) is 0 Å². The Hall–Kier alpha value is -1.60. The second-order valence-corrected chi connectivity index (χ2v) is 8.06. The van der Waals surface area contributed by atoms with Gasteiger partial charge in [-0.1, -0.05) is 6.92 Å². The molecule has 1 aliphatic heterocycles. The number of hydrogen-bond donors (Lipinski definition) is 1. The first kappa shape index (κ1) is 18.7. The van der Waals surface area contributed by atoms with Crippen molar-refractivity contribution >= 4 is 15.9 Å². The minimum atomic E-state index is -3.60. The smallest absolute Gasteiger partial charge is 0.243 e. The number of benzene rings is 1. The molecule has 7 heteroatoms. The van der Waals surface area contributed by atoms with Gasteiger partial charge < -0.3 is 10.1 Å². The first-order valence-corrected chi connectivity index (χ1v) is 9.76. The normalized spacial score (nSPS) is 19.0. The van der Waals surface area contributed by atoms with E-state index in [2.05, 4.69) is 5.32 Å². The molecule has 134 valence electrons. The molecule has 0 saturated carbocycles. The van der Waals surface area contributed by atoms with Gasteiger partial charge in [0.15, 0.2) is 0 Å². The molecule has 0 spiro atoms. The van der Waals surface area contributed by atoms with Gasteiger partial charge in [-0.15, -0.1) is 0 Å². The van der Waals surface area contributed by atoms with Crippen molar-refractivity contribution in [2.45, 2.75) is 38.0 Å². The quantitative estimate of drug-likeness (QED) is 0.847. The minimum Gasteiger partial charge on any atom is -0.496 e. The fraction of sp³-hybridized carbons (Fsp3) is 0.588. The van der Waals surface area contributed by atoms with E-state index in [9.17, 15) is 13.2 Å². The van der Waals surface area contributed by atoms with Crippen LogP contribution in [0.3, 0.4) is 0 Å². The number of rotatable bonds is 6. The Balaban J connectivity index is 2.16. The zero-order valence-corrected chi connectivity index (χ0v) is 15.4. The van der Waals surface area contributed by atoms with E-state index in [0.29, 0.717) is 25.3 Å². The van der Waals surface area contributed by atoms with Gasteiger partial charge in [-0.2, -0.15) is 4.31 Å². The van der Waals surface area contributed by atoms with Crippen LogP contribution in [0.5, 0.6) is 5.75 Å². The molecule has 0 bridgehead atoms. The number of carbonyl (C=O) groups is 1. The van der Waals surface area contributed by atoms with E-state index in [1.165, 1.54) is 4.31 Å². The highest BCUT2D eigenvalue weighted by atomic mass is 32.2.